The molecule has 2 aromatic heterocycles. The summed E-state index contributed by atoms with van der Waals surface area (Å²) in [5.41, 5.74) is 2.33. The second kappa shape index (κ2) is 11.5. The first-order valence-electron chi connectivity index (χ1n) is 14.6. The summed E-state index contributed by atoms with van der Waals surface area (Å²) in [6.45, 7) is 3.22. The van der Waals surface area contributed by atoms with Gasteiger partial charge in [0.1, 0.15) is 17.3 Å². The number of hydrogen-bond donors (Lipinski definition) is 1. The van der Waals surface area contributed by atoms with Gasteiger partial charge in [-0.25, -0.2) is 26.8 Å². The van der Waals surface area contributed by atoms with Crippen molar-refractivity contribution in [2.75, 3.05) is 62.2 Å². The molecule has 12 nitrogen and oxygen atoms in total. The fourth-order valence-corrected chi connectivity index (χ4v) is 9.07. The van der Waals surface area contributed by atoms with Crippen LogP contribution in [0, 0.1) is 0 Å². The number of oxime groups is 1. The minimum Gasteiger partial charge on any atom is -0.410 e. The molecular formula is C31H31N7O5S2. The van der Waals surface area contributed by atoms with Crippen molar-refractivity contribution < 1.29 is 22.0 Å². The molecule has 3 aliphatic rings. The highest BCUT2D eigenvalue weighted by atomic mass is 32.2. The molecule has 0 saturated carbocycles. The molecule has 45 heavy (non-hydrogen) atoms. The Morgan fingerprint density at radius 3 is 1.33 bits per heavy atom. The molecule has 232 valence electrons. The number of hydrogen-bond acceptors (Lipinski definition) is 10. The Labute approximate surface area is 262 Å². The first-order valence-corrected chi connectivity index (χ1v) is 17.5. The van der Waals surface area contributed by atoms with Crippen LogP contribution < -0.4 is 9.80 Å². The molecule has 0 unspecified atom stereocenters. The lowest BCUT2D eigenvalue weighted by molar-refractivity contribution is 0.320. The number of fused-ring (bicyclic) bond motifs is 3. The topological polar surface area (TPSA) is 140 Å². The molecule has 0 bridgehead atoms. The molecule has 4 heterocycles. The predicted molar refractivity (Wildman–Crippen MR) is 170 cm³/mol. The van der Waals surface area contributed by atoms with E-state index in [1.54, 1.807) is 36.7 Å². The number of anilines is 2. The number of benzene rings is 2. The molecule has 2 saturated heterocycles. The van der Waals surface area contributed by atoms with Gasteiger partial charge >= 0.3 is 0 Å². The molecule has 0 radical (unpaired) electrons. The molecule has 0 amide bonds. The third-order valence-corrected chi connectivity index (χ3v) is 12.4. The lowest BCUT2D eigenvalue weighted by Gasteiger charge is -2.34. The van der Waals surface area contributed by atoms with Crippen LogP contribution in [0.2, 0.25) is 0 Å². The van der Waals surface area contributed by atoms with Crippen molar-refractivity contribution in [1.29, 1.82) is 0 Å². The Morgan fingerprint density at radius 2 is 0.978 bits per heavy atom. The Hall–Kier alpha value is -4.37. The van der Waals surface area contributed by atoms with Crippen LogP contribution in [0.25, 0.3) is 11.1 Å². The van der Waals surface area contributed by atoms with Crippen LogP contribution in [0.15, 0.2) is 100 Å². The Morgan fingerprint density at radius 1 is 0.556 bits per heavy atom. The minimum absolute atomic E-state index is 0.0834. The molecule has 7 rings (SSSR count). The highest BCUT2D eigenvalue weighted by Crippen LogP contribution is 2.40. The van der Waals surface area contributed by atoms with Crippen LogP contribution in [0.4, 0.5) is 11.6 Å². The van der Waals surface area contributed by atoms with Crippen molar-refractivity contribution in [3.05, 3.63) is 96.3 Å². The SMILES string of the molecule is O=S(=O)(c1ccc2c(c1)C(=NO)c1cc(S(=O)(=O)N3CCN(c4ccccn4)CC3)ccc1-2)N1CCN(c2ccccn2)CC1. The lowest BCUT2D eigenvalue weighted by Crippen LogP contribution is -2.48. The normalized spacial score (nSPS) is 17.6. The standard InChI is InChI=1S/C31H31N7O5S2/c39-34-31-27-21-23(44(40,41)37-17-13-35(14-18-37)29-5-1-3-11-32-29)7-9-25(27)26-10-8-24(22-28(26)31)45(42,43)38-19-15-36(16-20-38)30-6-2-4-12-33-30/h1-12,21-22,39H,13-20H2. The molecule has 0 spiro atoms. The van der Waals surface area contributed by atoms with Gasteiger partial charge in [-0.2, -0.15) is 8.61 Å². The molecular weight excluding hydrogens is 615 g/mol. The van der Waals surface area contributed by atoms with Crippen molar-refractivity contribution in [1.82, 2.24) is 18.6 Å². The second-order valence-corrected chi connectivity index (χ2v) is 14.9. The van der Waals surface area contributed by atoms with Gasteiger partial charge in [0.05, 0.1) is 9.79 Å². The van der Waals surface area contributed by atoms with E-state index >= 15 is 0 Å². The number of piperazine rings is 2. The first-order chi connectivity index (χ1) is 21.8. The van der Waals surface area contributed by atoms with Gasteiger partial charge in [-0.15, -0.1) is 0 Å². The molecule has 14 heteroatoms. The Kier molecular flexibility index (Phi) is 7.52. The van der Waals surface area contributed by atoms with Crippen LogP contribution >= 0.6 is 0 Å². The summed E-state index contributed by atoms with van der Waals surface area (Å²) >= 11 is 0. The zero-order valence-electron chi connectivity index (χ0n) is 24.3. The maximum atomic E-state index is 13.7. The van der Waals surface area contributed by atoms with Gasteiger partial charge in [-0.1, -0.05) is 29.4 Å². The zero-order chi connectivity index (χ0) is 31.2. The van der Waals surface area contributed by atoms with Crippen LogP contribution in [0.5, 0.6) is 0 Å². The average molecular weight is 646 g/mol. The largest absolute Gasteiger partial charge is 0.410 e. The van der Waals surface area contributed by atoms with Crippen LogP contribution in [0.3, 0.4) is 0 Å². The smallest absolute Gasteiger partial charge is 0.243 e. The molecule has 1 N–H and O–H groups in total. The molecule has 2 aromatic carbocycles. The summed E-state index contributed by atoms with van der Waals surface area (Å²) < 4.78 is 57.6. The van der Waals surface area contributed by atoms with E-state index in [1.165, 1.54) is 20.7 Å². The maximum Gasteiger partial charge on any atom is 0.243 e. The van der Waals surface area contributed by atoms with E-state index in [4.69, 9.17) is 0 Å². The molecule has 0 atom stereocenters. The van der Waals surface area contributed by atoms with Crippen LogP contribution in [-0.4, -0.2) is 98.7 Å². The number of sulfonamides is 2. The zero-order valence-corrected chi connectivity index (χ0v) is 25.9. The third kappa shape index (κ3) is 5.23. The molecule has 1 aliphatic carbocycles. The summed E-state index contributed by atoms with van der Waals surface area (Å²) in [4.78, 5) is 13.0. The predicted octanol–water partition coefficient (Wildman–Crippen LogP) is 2.71. The van der Waals surface area contributed by atoms with E-state index in [-0.39, 0.29) is 15.5 Å². The third-order valence-electron chi connectivity index (χ3n) is 8.58. The molecule has 2 aliphatic heterocycles. The van der Waals surface area contributed by atoms with Gasteiger partial charge in [-0.3, -0.25) is 0 Å². The molecule has 2 fully saturated rings. The lowest BCUT2D eigenvalue weighted by atomic mass is 10.1. The summed E-state index contributed by atoms with van der Waals surface area (Å²) in [6.07, 6.45) is 3.43. The van der Waals surface area contributed by atoms with E-state index in [2.05, 4.69) is 15.1 Å². The Balaban J connectivity index is 1.10. The monoisotopic (exact) mass is 645 g/mol. The van der Waals surface area contributed by atoms with E-state index in [0.717, 1.165) is 11.6 Å². The average Bonchev–Trinajstić information content (AvgIpc) is 3.41. The number of nitrogens with zero attached hydrogens (tertiary/aromatic N) is 7. The van der Waals surface area contributed by atoms with Gasteiger partial charge in [0.15, 0.2) is 0 Å². The van der Waals surface area contributed by atoms with Crippen molar-refractivity contribution in [3.8, 4) is 11.1 Å². The van der Waals surface area contributed by atoms with Gasteiger partial charge < -0.3 is 15.0 Å². The fraction of sp³-hybridized carbons (Fsp3) is 0.258. The maximum absolute atomic E-state index is 13.7. The summed E-state index contributed by atoms with van der Waals surface area (Å²) in [6, 6.07) is 20.8. The fourth-order valence-electron chi connectivity index (χ4n) is 6.18. The second-order valence-electron chi connectivity index (χ2n) is 11.0. The van der Waals surface area contributed by atoms with Gasteiger partial charge in [0, 0.05) is 75.9 Å². The summed E-state index contributed by atoms with van der Waals surface area (Å²) in [7, 11) is -7.68. The summed E-state index contributed by atoms with van der Waals surface area (Å²) in [5, 5.41) is 13.6. The van der Waals surface area contributed by atoms with Crippen molar-refractivity contribution >= 4 is 37.4 Å². The van der Waals surface area contributed by atoms with Crippen LogP contribution in [0.1, 0.15) is 11.1 Å². The number of rotatable bonds is 6. The Bertz CT molecular complexity index is 1830. The highest BCUT2D eigenvalue weighted by molar-refractivity contribution is 7.89. The van der Waals surface area contributed by atoms with E-state index in [9.17, 15) is 22.0 Å². The van der Waals surface area contributed by atoms with Crippen LogP contribution in [-0.2, 0) is 20.0 Å². The highest BCUT2D eigenvalue weighted by Gasteiger charge is 2.35. The van der Waals surface area contributed by atoms with Crippen molar-refractivity contribution in [2.45, 2.75) is 9.79 Å². The minimum atomic E-state index is -3.84. The van der Waals surface area contributed by atoms with Gasteiger partial charge in [-0.05, 0) is 59.7 Å². The summed E-state index contributed by atoms with van der Waals surface area (Å²) in [5.74, 6) is 1.61. The quantitative estimate of drug-likeness (QED) is 0.218. The van der Waals surface area contributed by atoms with Gasteiger partial charge in [0.25, 0.3) is 0 Å². The van der Waals surface area contributed by atoms with Crippen molar-refractivity contribution in [2.24, 2.45) is 5.16 Å². The molecule has 4 aromatic rings. The van der Waals surface area contributed by atoms with Crippen molar-refractivity contribution in [3.63, 3.8) is 0 Å². The number of aromatic nitrogens is 2. The van der Waals surface area contributed by atoms with E-state index in [0.29, 0.717) is 74.6 Å². The number of pyridine rings is 2. The van der Waals surface area contributed by atoms with E-state index < -0.39 is 20.0 Å². The van der Waals surface area contributed by atoms with Gasteiger partial charge in [0.2, 0.25) is 20.0 Å². The first kappa shape index (κ1) is 29.3. The van der Waals surface area contributed by atoms with E-state index in [1.807, 2.05) is 46.2 Å².